The summed E-state index contributed by atoms with van der Waals surface area (Å²) < 4.78 is 0. The lowest BCUT2D eigenvalue weighted by atomic mass is 10.1. The van der Waals surface area contributed by atoms with Gasteiger partial charge in [-0.05, 0) is 25.7 Å². The second kappa shape index (κ2) is 4.45. The topological polar surface area (TPSA) is 40.5 Å². The molecule has 1 heterocycles. The van der Waals surface area contributed by atoms with Gasteiger partial charge in [-0.2, -0.15) is 0 Å². The predicted octanol–water partition coefficient (Wildman–Crippen LogP) is 0.770. The molecule has 1 saturated heterocycles. The molecule has 0 spiro atoms. The average molecular weight is 171 g/mol. The van der Waals surface area contributed by atoms with Crippen molar-refractivity contribution in [1.29, 1.82) is 0 Å². The van der Waals surface area contributed by atoms with Crippen molar-refractivity contribution in [2.75, 3.05) is 13.2 Å². The standard InChI is InChI=1S/C9H17NO2/c1-8(12)10-6-2-4-9(10)5-3-7-11/h9,11H,2-7H2,1H3. The highest BCUT2D eigenvalue weighted by Crippen LogP contribution is 2.20. The van der Waals surface area contributed by atoms with Crippen LogP contribution >= 0.6 is 0 Å². The van der Waals surface area contributed by atoms with Gasteiger partial charge in [0.15, 0.2) is 0 Å². The van der Waals surface area contributed by atoms with Crippen LogP contribution in [0.15, 0.2) is 0 Å². The summed E-state index contributed by atoms with van der Waals surface area (Å²) in [6, 6.07) is 0.398. The molecule has 0 bridgehead atoms. The molecule has 1 fully saturated rings. The number of likely N-dealkylation sites (tertiary alicyclic amines) is 1. The van der Waals surface area contributed by atoms with Crippen molar-refractivity contribution in [3.05, 3.63) is 0 Å². The van der Waals surface area contributed by atoms with Crippen LogP contribution in [0, 0.1) is 0 Å². The smallest absolute Gasteiger partial charge is 0.219 e. The molecule has 70 valence electrons. The normalized spacial score (nSPS) is 23.2. The largest absolute Gasteiger partial charge is 0.396 e. The Bertz CT molecular complexity index is 159. The second-order valence-corrected chi connectivity index (χ2v) is 3.37. The van der Waals surface area contributed by atoms with Crippen LogP contribution in [0.4, 0.5) is 0 Å². The Morgan fingerprint density at radius 3 is 3.00 bits per heavy atom. The molecule has 0 aromatic rings. The van der Waals surface area contributed by atoms with E-state index in [0.29, 0.717) is 6.04 Å². The molecule has 1 atom stereocenters. The molecule has 1 rings (SSSR count). The van der Waals surface area contributed by atoms with Gasteiger partial charge in [-0.1, -0.05) is 0 Å². The zero-order valence-electron chi connectivity index (χ0n) is 7.62. The molecule has 0 aromatic heterocycles. The van der Waals surface area contributed by atoms with Crippen molar-refractivity contribution >= 4 is 5.91 Å². The molecule has 0 aliphatic carbocycles. The van der Waals surface area contributed by atoms with Crippen molar-refractivity contribution < 1.29 is 9.90 Å². The van der Waals surface area contributed by atoms with Crippen LogP contribution in [0.5, 0.6) is 0 Å². The van der Waals surface area contributed by atoms with E-state index < -0.39 is 0 Å². The Balaban J connectivity index is 2.35. The summed E-state index contributed by atoms with van der Waals surface area (Å²) in [7, 11) is 0. The molecule has 1 N–H and O–H groups in total. The van der Waals surface area contributed by atoms with E-state index in [1.807, 2.05) is 4.90 Å². The van der Waals surface area contributed by atoms with E-state index in [4.69, 9.17) is 5.11 Å². The third-order valence-corrected chi connectivity index (χ3v) is 2.48. The van der Waals surface area contributed by atoms with Gasteiger partial charge in [0.05, 0.1) is 0 Å². The van der Waals surface area contributed by atoms with Crippen LogP contribution in [0.25, 0.3) is 0 Å². The van der Waals surface area contributed by atoms with Gasteiger partial charge in [0.1, 0.15) is 0 Å². The molecule has 0 aromatic carbocycles. The lowest BCUT2D eigenvalue weighted by Crippen LogP contribution is -2.33. The molecule has 0 radical (unpaired) electrons. The van der Waals surface area contributed by atoms with E-state index in [0.717, 1.165) is 32.2 Å². The lowest BCUT2D eigenvalue weighted by Gasteiger charge is -2.22. The van der Waals surface area contributed by atoms with Crippen molar-refractivity contribution in [1.82, 2.24) is 4.90 Å². The molecule has 1 aliphatic rings. The third-order valence-electron chi connectivity index (χ3n) is 2.48. The Kier molecular flexibility index (Phi) is 3.53. The minimum Gasteiger partial charge on any atom is -0.396 e. The average Bonchev–Trinajstić information content (AvgIpc) is 2.48. The fraction of sp³-hybridized carbons (Fsp3) is 0.889. The van der Waals surface area contributed by atoms with Gasteiger partial charge in [-0.3, -0.25) is 4.79 Å². The van der Waals surface area contributed by atoms with Crippen LogP contribution in [-0.4, -0.2) is 35.1 Å². The van der Waals surface area contributed by atoms with E-state index >= 15 is 0 Å². The third kappa shape index (κ3) is 2.21. The minimum atomic E-state index is 0.176. The van der Waals surface area contributed by atoms with Gasteiger partial charge in [0.2, 0.25) is 5.91 Å². The van der Waals surface area contributed by atoms with Crippen molar-refractivity contribution in [3.8, 4) is 0 Å². The number of amides is 1. The first-order valence-electron chi connectivity index (χ1n) is 4.63. The van der Waals surface area contributed by atoms with Crippen LogP contribution < -0.4 is 0 Å². The van der Waals surface area contributed by atoms with E-state index in [2.05, 4.69) is 0 Å². The van der Waals surface area contributed by atoms with E-state index in [9.17, 15) is 4.79 Å². The van der Waals surface area contributed by atoms with E-state index in [1.165, 1.54) is 0 Å². The molecular formula is C9H17NO2. The highest BCUT2D eigenvalue weighted by Gasteiger charge is 2.25. The molecule has 12 heavy (non-hydrogen) atoms. The monoisotopic (exact) mass is 171 g/mol. The van der Waals surface area contributed by atoms with Crippen molar-refractivity contribution in [2.24, 2.45) is 0 Å². The summed E-state index contributed by atoms with van der Waals surface area (Å²) >= 11 is 0. The van der Waals surface area contributed by atoms with Gasteiger partial charge in [0, 0.05) is 26.1 Å². The second-order valence-electron chi connectivity index (χ2n) is 3.37. The Morgan fingerprint density at radius 1 is 1.67 bits per heavy atom. The van der Waals surface area contributed by atoms with Gasteiger partial charge in [-0.15, -0.1) is 0 Å². The van der Waals surface area contributed by atoms with Gasteiger partial charge in [-0.25, -0.2) is 0 Å². The molecular weight excluding hydrogens is 154 g/mol. The minimum absolute atomic E-state index is 0.176. The molecule has 3 nitrogen and oxygen atoms in total. The van der Waals surface area contributed by atoms with Crippen LogP contribution in [0.2, 0.25) is 0 Å². The summed E-state index contributed by atoms with van der Waals surface area (Å²) in [5.41, 5.74) is 0. The van der Waals surface area contributed by atoms with Gasteiger partial charge >= 0.3 is 0 Å². The van der Waals surface area contributed by atoms with E-state index in [-0.39, 0.29) is 12.5 Å². The number of hydrogen-bond donors (Lipinski definition) is 1. The fourth-order valence-corrected chi connectivity index (χ4v) is 1.88. The molecule has 0 saturated carbocycles. The number of carbonyl (C=O) groups excluding carboxylic acids is 1. The zero-order chi connectivity index (χ0) is 8.97. The maximum Gasteiger partial charge on any atom is 0.219 e. The number of aliphatic hydroxyl groups excluding tert-OH is 1. The summed E-state index contributed by atoms with van der Waals surface area (Å²) in [5, 5.41) is 8.65. The van der Waals surface area contributed by atoms with Gasteiger partial charge in [0.25, 0.3) is 0 Å². The first-order valence-corrected chi connectivity index (χ1v) is 4.63. The van der Waals surface area contributed by atoms with Crippen LogP contribution in [0.3, 0.4) is 0 Å². The Hall–Kier alpha value is -0.570. The first-order chi connectivity index (χ1) is 5.75. The van der Waals surface area contributed by atoms with Crippen LogP contribution in [0.1, 0.15) is 32.6 Å². The highest BCUT2D eigenvalue weighted by molar-refractivity contribution is 5.73. The molecule has 1 aliphatic heterocycles. The Morgan fingerprint density at radius 2 is 2.42 bits per heavy atom. The van der Waals surface area contributed by atoms with Crippen LogP contribution in [-0.2, 0) is 4.79 Å². The predicted molar refractivity (Wildman–Crippen MR) is 46.7 cm³/mol. The zero-order valence-corrected chi connectivity index (χ0v) is 7.62. The maximum atomic E-state index is 11.1. The molecule has 1 amide bonds. The van der Waals surface area contributed by atoms with Gasteiger partial charge < -0.3 is 10.0 Å². The van der Waals surface area contributed by atoms with Crippen molar-refractivity contribution in [2.45, 2.75) is 38.6 Å². The first kappa shape index (κ1) is 9.52. The molecule has 1 unspecified atom stereocenters. The number of rotatable bonds is 3. The summed E-state index contributed by atoms with van der Waals surface area (Å²) in [6.07, 6.45) is 4.00. The highest BCUT2D eigenvalue weighted by atomic mass is 16.3. The molecule has 3 heteroatoms. The number of hydrogen-bond acceptors (Lipinski definition) is 2. The SMILES string of the molecule is CC(=O)N1CCCC1CCCO. The van der Waals surface area contributed by atoms with E-state index in [1.54, 1.807) is 6.92 Å². The Labute approximate surface area is 73.4 Å². The number of nitrogens with zero attached hydrogens (tertiary/aromatic N) is 1. The fourth-order valence-electron chi connectivity index (χ4n) is 1.88. The summed E-state index contributed by atoms with van der Waals surface area (Å²) in [5.74, 6) is 0.176. The summed E-state index contributed by atoms with van der Waals surface area (Å²) in [4.78, 5) is 13.0. The number of carbonyl (C=O) groups is 1. The lowest BCUT2D eigenvalue weighted by molar-refractivity contribution is -0.129. The maximum absolute atomic E-state index is 11.1. The van der Waals surface area contributed by atoms with Crippen molar-refractivity contribution in [3.63, 3.8) is 0 Å². The summed E-state index contributed by atoms with van der Waals surface area (Å²) in [6.45, 7) is 2.77. The number of aliphatic hydroxyl groups is 1. The quantitative estimate of drug-likeness (QED) is 0.681.